The molecule has 5 heteroatoms. The van der Waals surface area contributed by atoms with Crippen molar-refractivity contribution in [2.75, 3.05) is 6.54 Å². The van der Waals surface area contributed by atoms with E-state index in [2.05, 4.69) is 10.6 Å². The lowest BCUT2D eigenvalue weighted by Gasteiger charge is -2.26. The summed E-state index contributed by atoms with van der Waals surface area (Å²) in [6.45, 7) is 4.27. The van der Waals surface area contributed by atoms with Gasteiger partial charge in [0.2, 0.25) is 5.91 Å². The highest BCUT2D eigenvalue weighted by atomic mass is 16.4. The van der Waals surface area contributed by atoms with Crippen molar-refractivity contribution in [1.82, 2.24) is 10.6 Å². The highest BCUT2D eigenvalue weighted by molar-refractivity contribution is 5.80. The van der Waals surface area contributed by atoms with E-state index in [1.165, 1.54) is 0 Å². The molecule has 5 nitrogen and oxygen atoms in total. The molecule has 1 fully saturated rings. The molecule has 0 saturated carbocycles. The molecule has 3 N–H and O–H groups in total. The number of hydrogen-bond donors (Lipinski definition) is 3. The van der Waals surface area contributed by atoms with Gasteiger partial charge in [0.1, 0.15) is 0 Å². The van der Waals surface area contributed by atoms with E-state index >= 15 is 0 Å². The van der Waals surface area contributed by atoms with Gasteiger partial charge in [-0.15, -0.1) is 0 Å². The third-order valence-corrected chi connectivity index (χ3v) is 2.36. The number of rotatable bonds is 3. The van der Waals surface area contributed by atoms with Crippen LogP contribution in [0.25, 0.3) is 0 Å². The molecule has 0 bridgehead atoms. The Bertz CT molecular complexity index is 250. The predicted molar refractivity (Wildman–Crippen MR) is 51.0 cm³/mol. The van der Waals surface area contributed by atoms with Crippen LogP contribution in [-0.2, 0) is 4.79 Å². The largest absolute Gasteiger partial charge is 0.465 e. The maximum atomic E-state index is 11.3. The summed E-state index contributed by atoms with van der Waals surface area (Å²) in [6.07, 6.45) is 0.294. The molecule has 80 valence electrons. The average Bonchev–Trinajstić information content (AvgIpc) is 2.32. The highest BCUT2D eigenvalue weighted by Gasteiger charge is 2.31. The molecule has 1 aliphatic rings. The lowest BCUT2D eigenvalue weighted by Crippen LogP contribution is -2.44. The molecule has 1 aliphatic heterocycles. The third-order valence-electron chi connectivity index (χ3n) is 2.36. The Hall–Kier alpha value is -1.26. The topological polar surface area (TPSA) is 78.4 Å². The smallest absolute Gasteiger partial charge is 0.405 e. The molecule has 0 unspecified atom stereocenters. The van der Waals surface area contributed by atoms with Crippen molar-refractivity contribution in [3.63, 3.8) is 0 Å². The Morgan fingerprint density at radius 3 is 2.79 bits per heavy atom. The monoisotopic (exact) mass is 200 g/mol. The molecule has 0 aromatic rings. The summed E-state index contributed by atoms with van der Waals surface area (Å²) in [5, 5.41) is 13.7. The number of carbonyl (C=O) groups is 2. The molecule has 0 aromatic carbocycles. The highest BCUT2D eigenvalue weighted by Crippen LogP contribution is 2.22. The minimum Gasteiger partial charge on any atom is -0.465 e. The van der Waals surface area contributed by atoms with Gasteiger partial charge in [0.15, 0.2) is 0 Å². The lowest BCUT2D eigenvalue weighted by atomic mass is 9.90. The van der Waals surface area contributed by atoms with E-state index in [0.29, 0.717) is 13.0 Å². The molecule has 0 radical (unpaired) electrons. The predicted octanol–water partition coefficient (Wildman–Crippen LogP) is 0.559. The maximum absolute atomic E-state index is 11.3. The number of carbonyl (C=O) groups excluding carboxylic acids is 1. The van der Waals surface area contributed by atoms with E-state index in [-0.39, 0.29) is 11.8 Å². The van der Waals surface area contributed by atoms with E-state index in [1.54, 1.807) is 13.8 Å². The molecule has 1 saturated heterocycles. The standard InChI is InChI=1S/C9H16N2O3/c1-9(2,11-8(13)14)5-6-3-4-10-7(6)12/h6,11H,3-5H2,1-2H3,(H,10,12)(H,13,14)/t6-/m0/s1. The van der Waals surface area contributed by atoms with E-state index in [1.807, 2.05) is 0 Å². The minimum absolute atomic E-state index is 0.0327. The van der Waals surface area contributed by atoms with Crippen molar-refractivity contribution in [3.05, 3.63) is 0 Å². The Balaban J connectivity index is 2.49. The molecule has 1 rings (SSSR count). The molecule has 1 heterocycles. The minimum atomic E-state index is -1.05. The fourth-order valence-corrected chi connectivity index (χ4v) is 1.80. The normalized spacial score (nSPS) is 21.9. The zero-order valence-corrected chi connectivity index (χ0v) is 8.46. The van der Waals surface area contributed by atoms with Gasteiger partial charge in [0, 0.05) is 18.0 Å². The first kappa shape index (κ1) is 10.8. The van der Waals surface area contributed by atoms with E-state index in [9.17, 15) is 9.59 Å². The first-order chi connectivity index (χ1) is 6.41. The van der Waals surface area contributed by atoms with Gasteiger partial charge < -0.3 is 15.7 Å². The maximum Gasteiger partial charge on any atom is 0.405 e. The van der Waals surface area contributed by atoms with Crippen LogP contribution in [0.5, 0.6) is 0 Å². The van der Waals surface area contributed by atoms with Crippen molar-refractivity contribution in [1.29, 1.82) is 0 Å². The van der Waals surface area contributed by atoms with Gasteiger partial charge in [-0.3, -0.25) is 4.79 Å². The molecular formula is C9H16N2O3. The number of hydrogen-bond acceptors (Lipinski definition) is 2. The summed E-state index contributed by atoms with van der Waals surface area (Å²) < 4.78 is 0. The average molecular weight is 200 g/mol. The van der Waals surface area contributed by atoms with Crippen LogP contribution >= 0.6 is 0 Å². The van der Waals surface area contributed by atoms with Crippen LogP contribution in [0.1, 0.15) is 26.7 Å². The Morgan fingerprint density at radius 1 is 1.71 bits per heavy atom. The number of carboxylic acid groups (broad SMARTS) is 1. The second-order valence-electron chi connectivity index (χ2n) is 4.29. The SMILES string of the molecule is CC(C)(C[C@@H]1CCNC1=O)NC(=O)O. The van der Waals surface area contributed by atoms with Crippen molar-refractivity contribution < 1.29 is 14.7 Å². The molecular weight excluding hydrogens is 184 g/mol. The van der Waals surface area contributed by atoms with Crippen molar-refractivity contribution in [2.45, 2.75) is 32.2 Å². The molecule has 14 heavy (non-hydrogen) atoms. The Kier molecular flexibility index (Phi) is 2.98. The summed E-state index contributed by atoms with van der Waals surface area (Å²) in [7, 11) is 0. The molecule has 0 aliphatic carbocycles. The summed E-state index contributed by atoms with van der Waals surface area (Å²) in [6, 6.07) is 0. The summed E-state index contributed by atoms with van der Waals surface area (Å²) in [4.78, 5) is 21.7. The van der Waals surface area contributed by atoms with Gasteiger partial charge in [0.25, 0.3) is 0 Å². The van der Waals surface area contributed by atoms with Gasteiger partial charge in [-0.25, -0.2) is 4.79 Å². The Morgan fingerprint density at radius 2 is 2.36 bits per heavy atom. The first-order valence-electron chi connectivity index (χ1n) is 4.69. The van der Waals surface area contributed by atoms with Gasteiger partial charge in [-0.2, -0.15) is 0 Å². The van der Waals surface area contributed by atoms with Gasteiger partial charge in [0.05, 0.1) is 0 Å². The van der Waals surface area contributed by atoms with Crippen molar-refractivity contribution >= 4 is 12.0 Å². The second-order valence-corrected chi connectivity index (χ2v) is 4.29. The molecule has 2 amide bonds. The summed E-state index contributed by atoms with van der Waals surface area (Å²) >= 11 is 0. The van der Waals surface area contributed by atoms with Crippen LogP contribution < -0.4 is 10.6 Å². The fourth-order valence-electron chi connectivity index (χ4n) is 1.80. The molecule has 1 atom stereocenters. The molecule has 0 aromatic heterocycles. The molecule has 0 spiro atoms. The zero-order chi connectivity index (χ0) is 10.8. The van der Waals surface area contributed by atoms with E-state index in [4.69, 9.17) is 5.11 Å². The first-order valence-corrected chi connectivity index (χ1v) is 4.69. The van der Waals surface area contributed by atoms with E-state index < -0.39 is 11.6 Å². The Labute approximate surface area is 82.9 Å². The quantitative estimate of drug-likeness (QED) is 0.622. The second kappa shape index (κ2) is 3.86. The summed E-state index contributed by atoms with van der Waals surface area (Å²) in [5.74, 6) is -0.0258. The van der Waals surface area contributed by atoms with E-state index in [0.717, 1.165) is 6.42 Å². The number of nitrogens with one attached hydrogen (secondary N) is 2. The van der Waals surface area contributed by atoms with Gasteiger partial charge in [-0.1, -0.05) is 0 Å². The summed E-state index contributed by atoms with van der Waals surface area (Å²) in [5.41, 5.74) is -0.543. The number of amides is 2. The van der Waals surface area contributed by atoms with Crippen LogP contribution in [0.4, 0.5) is 4.79 Å². The van der Waals surface area contributed by atoms with Gasteiger partial charge in [-0.05, 0) is 26.7 Å². The van der Waals surface area contributed by atoms with Gasteiger partial charge >= 0.3 is 6.09 Å². The fraction of sp³-hybridized carbons (Fsp3) is 0.778. The third kappa shape index (κ3) is 2.90. The van der Waals surface area contributed by atoms with Crippen LogP contribution in [0.3, 0.4) is 0 Å². The van der Waals surface area contributed by atoms with Crippen LogP contribution in [0.2, 0.25) is 0 Å². The zero-order valence-electron chi connectivity index (χ0n) is 8.46. The van der Waals surface area contributed by atoms with Crippen molar-refractivity contribution in [2.24, 2.45) is 5.92 Å². The van der Waals surface area contributed by atoms with Crippen LogP contribution in [-0.4, -0.2) is 29.2 Å². The van der Waals surface area contributed by atoms with Crippen LogP contribution in [0.15, 0.2) is 0 Å². The van der Waals surface area contributed by atoms with Crippen molar-refractivity contribution in [3.8, 4) is 0 Å². The lowest BCUT2D eigenvalue weighted by molar-refractivity contribution is -0.123. The van der Waals surface area contributed by atoms with Crippen LogP contribution in [0, 0.1) is 5.92 Å².